The number of hydrogen-bond donors (Lipinski definition) is 2. The standard InChI is InChI=1S/C24H34N4O2/c1-17(2)22(19-6-5-10-26-13-19)15-28-24(25-4)27-14-20-8-7-18(3)12-23(20)30-21-9-11-29-16-21/h5-8,10,12-13,17,21-22H,9,11,14-16H2,1-4H3,(H2,25,27,28). The normalized spacial score (nSPS) is 17.8. The third-order valence-corrected chi connectivity index (χ3v) is 5.48. The Bertz CT molecular complexity index is 817. The number of benzene rings is 1. The molecule has 1 aliphatic heterocycles. The van der Waals surface area contributed by atoms with Gasteiger partial charge in [0.2, 0.25) is 0 Å². The Balaban J connectivity index is 1.60. The van der Waals surface area contributed by atoms with Crippen LogP contribution in [0.4, 0.5) is 0 Å². The van der Waals surface area contributed by atoms with Gasteiger partial charge in [0, 0.05) is 50.4 Å². The number of nitrogens with one attached hydrogen (secondary N) is 2. The molecule has 1 aromatic heterocycles. The zero-order chi connectivity index (χ0) is 21.3. The van der Waals surface area contributed by atoms with Crippen LogP contribution in [0, 0.1) is 12.8 Å². The maximum atomic E-state index is 6.21. The van der Waals surface area contributed by atoms with Crippen molar-refractivity contribution in [2.75, 3.05) is 26.8 Å². The quantitative estimate of drug-likeness (QED) is 0.513. The van der Waals surface area contributed by atoms with Crippen molar-refractivity contribution in [3.63, 3.8) is 0 Å². The van der Waals surface area contributed by atoms with E-state index in [4.69, 9.17) is 9.47 Å². The van der Waals surface area contributed by atoms with E-state index >= 15 is 0 Å². The number of hydrogen-bond acceptors (Lipinski definition) is 4. The lowest BCUT2D eigenvalue weighted by Crippen LogP contribution is -2.39. The van der Waals surface area contributed by atoms with E-state index in [9.17, 15) is 0 Å². The molecule has 1 aromatic carbocycles. The molecule has 2 atom stereocenters. The third-order valence-electron chi connectivity index (χ3n) is 5.48. The number of aliphatic imine (C=N–C) groups is 1. The van der Waals surface area contributed by atoms with Crippen molar-refractivity contribution < 1.29 is 9.47 Å². The zero-order valence-corrected chi connectivity index (χ0v) is 18.5. The molecule has 0 spiro atoms. The van der Waals surface area contributed by atoms with Crippen LogP contribution in [-0.2, 0) is 11.3 Å². The van der Waals surface area contributed by atoms with Crippen molar-refractivity contribution >= 4 is 5.96 Å². The highest BCUT2D eigenvalue weighted by molar-refractivity contribution is 5.79. The lowest BCUT2D eigenvalue weighted by atomic mass is 9.89. The van der Waals surface area contributed by atoms with Gasteiger partial charge in [-0.1, -0.05) is 32.0 Å². The molecule has 162 valence electrons. The molecule has 2 heterocycles. The average molecular weight is 411 g/mol. The SMILES string of the molecule is CN=C(NCc1ccc(C)cc1OC1CCOC1)NCC(c1cccnc1)C(C)C. The van der Waals surface area contributed by atoms with Gasteiger partial charge in [-0.05, 0) is 36.1 Å². The lowest BCUT2D eigenvalue weighted by Gasteiger charge is -2.23. The summed E-state index contributed by atoms with van der Waals surface area (Å²) in [5.74, 6) is 2.55. The summed E-state index contributed by atoms with van der Waals surface area (Å²) < 4.78 is 11.7. The summed E-state index contributed by atoms with van der Waals surface area (Å²) in [6, 6.07) is 10.5. The molecule has 2 aromatic rings. The van der Waals surface area contributed by atoms with Gasteiger partial charge in [-0.3, -0.25) is 9.98 Å². The predicted octanol–water partition coefficient (Wildman–Crippen LogP) is 3.66. The molecule has 0 aliphatic carbocycles. The molecule has 30 heavy (non-hydrogen) atoms. The van der Waals surface area contributed by atoms with E-state index in [-0.39, 0.29) is 6.10 Å². The van der Waals surface area contributed by atoms with Crippen molar-refractivity contribution in [1.82, 2.24) is 15.6 Å². The van der Waals surface area contributed by atoms with Crippen LogP contribution >= 0.6 is 0 Å². The number of aromatic nitrogens is 1. The summed E-state index contributed by atoms with van der Waals surface area (Å²) in [5, 5.41) is 6.90. The topological polar surface area (TPSA) is 67.8 Å². The summed E-state index contributed by atoms with van der Waals surface area (Å²) in [6.07, 6.45) is 4.84. The van der Waals surface area contributed by atoms with Gasteiger partial charge in [0.1, 0.15) is 11.9 Å². The van der Waals surface area contributed by atoms with E-state index in [1.807, 2.05) is 18.5 Å². The highest BCUT2D eigenvalue weighted by Crippen LogP contribution is 2.24. The van der Waals surface area contributed by atoms with E-state index in [1.54, 1.807) is 7.05 Å². The second-order valence-corrected chi connectivity index (χ2v) is 8.16. The van der Waals surface area contributed by atoms with Crippen molar-refractivity contribution in [2.45, 2.75) is 45.8 Å². The minimum Gasteiger partial charge on any atom is -0.488 e. The Morgan fingerprint density at radius 1 is 1.30 bits per heavy atom. The Kier molecular flexibility index (Phi) is 8.08. The van der Waals surface area contributed by atoms with Gasteiger partial charge in [-0.25, -0.2) is 0 Å². The monoisotopic (exact) mass is 410 g/mol. The number of aryl methyl sites for hydroxylation is 1. The van der Waals surface area contributed by atoms with E-state index in [0.29, 0.717) is 25.0 Å². The molecule has 2 N–H and O–H groups in total. The molecule has 0 radical (unpaired) electrons. The zero-order valence-electron chi connectivity index (χ0n) is 18.5. The summed E-state index contributed by atoms with van der Waals surface area (Å²) in [7, 11) is 1.80. The largest absolute Gasteiger partial charge is 0.488 e. The van der Waals surface area contributed by atoms with Crippen molar-refractivity contribution in [3.8, 4) is 5.75 Å². The minimum atomic E-state index is 0.134. The second-order valence-electron chi connectivity index (χ2n) is 8.16. The lowest BCUT2D eigenvalue weighted by molar-refractivity contribution is 0.140. The van der Waals surface area contributed by atoms with Crippen LogP contribution in [0.5, 0.6) is 5.75 Å². The summed E-state index contributed by atoms with van der Waals surface area (Å²) in [5.41, 5.74) is 3.54. The molecule has 1 fully saturated rings. The van der Waals surface area contributed by atoms with Crippen molar-refractivity contribution in [1.29, 1.82) is 0 Å². The van der Waals surface area contributed by atoms with E-state index in [0.717, 1.165) is 36.8 Å². The Morgan fingerprint density at radius 3 is 2.83 bits per heavy atom. The van der Waals surface area contributed by atoms with Crippen molar-refractivity contribution in [3.05, 3.63) is 59.4 Å². The fourth-order valence-corrected chi connectivity index (χ4v) is 3.64. The first kappa shape index (κ1) is 22.1. The maximum absolute atomic E-state index is 6.21. The van der Waals surface area contributed by atoms with Crippen LogP contribution < -0.4 is 15.4 Å². The fourth-order valence-electron chi connectivity index (χ4n) is 3.64. The first-order valence-corrected chi connectivity index (χ1v) is 10.7. The van der Waals surface area contributed by atoms with Gasteiger partial charge in [-0.2, -0.15) is 0 Å². The molecule has 0 bridgehead atoms. The molecular formula is C24H34N4O2. The summed E-state index contributed by atoms with van der Waals surface area (Å²) >= 11 is 0. The molecule has 2 unspecified atom stereocenters. The van der Waals surface area contributed by atoms with Crippen molar-refractivity contribution in [2.24, 2.45) is 10.9 Å². The van der Waals surface area contributed by atoms with Gasteiger partial charge >= 0.3 is 0 Å². The molecular weight excluding hydrogens is 376 g/mol. The van der Waals surface area contributed by atoms with E-state index in [2.05, 4.69) is 65.6 Å². The highest BCUT2D eigenvalue weighted by atomic mass is 16.5. The minimum absolute atomic E-state index is 0.134. The third kappa shape index (κ3) is 6.20. The van der Waals surface area contributed by atoms with Crippen LogP contribution in [0.2, 0.25) is 0 Å². The maximum Gasteiger partial charge on any atom is 0.191 e. The number of ether oxygens (including phenoxy) is 2. The number of pyridine rings is 1. The first-order valence-electron chi connectivity index (χ1n) is 10.7. The Hall–Kier alpha value is -2.60. The summed E-state index contributed by atoms with van der Waals surface area (Å²) in [4.78, 5) is 8.67. The van der Waals surface area contributed by atoms with E-state index < -0.39 is 0 Å². The van der Waals surface area contributed by atoms with Crippen LogP contribution in [0.3, 0.4) is 0 Å². The molecule has 1 saturated heterocycles. The van der Waals surface area contributed by atoms with E-state index in [1.165, 1.54) is 11.1 Å². The average Bonchev–Trinajstić information content (AvgIpc) is 3.25. The Labute approximate surface area is 180 Å². The molecule has 3 rings (SSSR count). The predicted molar refractivity (Wildman–Crippen MR) is 121 cm³/mol. The fraction of sp³-hybridized carbons (Fsp3) is 0.500. The Morgan fingerprint density at radius 2 is 2.17 bits per heavy atom. The van der Waals surface area contributed by atoms with Gasteiger partial charge in [0.25, 0.3) is 0 Å². The number of rotatable bonds is 8. The summed E-state index contributed by atoms with van der Waals surface area (Å²) in [6.45, 7) is 9.42. The molecule has 0 amide bonds. The van der Waals surface area contributed by atoms with Crippen LogP contribution in [0.15, 0.2) is 47.7 Å². The van der Waals surface area contributed by atoms with Gasteiger partial charge < -0.3 is 20.1 Å². The van der Waals surface area contributed by atoms with Gasteiger partial charge in [-0.15, -0.1) is 0 Å². The second kappa shape index (κ2) is 11.0. The smallest absolute Gasteiger partial charge is 0.191 e. The van der Waals surface area contributed by atoms with Crippen LogP contribution in [0.25, 0.3) is 0 Å². The van der Waals surface area contributed by atoms with Crippen LogP contribution in [0.1, 0.15) is 42.9 Å². The molecule has 6 nitrogen and oxygen atoms in total. The molecule has 0 saturated carbocycles. The van der Waals surface area contributed by atoms with Crippen LogP contribution in [-0.4, -0.2) is 43.9 Å². The molecule has 1 aliphatic rings. The first-order chi connectivity index (χ1) is 14.6. The number of nitrogens with zero attached hydrogens (tertiary/aromatic N) is 2. The van der Waals surface area contributed by atoms with Gasteiger partial charge in [0.15, 0.2) is 5.96 Å². The molecule has 6 heteroatoms. The highest BCUT2D eigenvalue weighted by Gasteiger charge is 2.19. The number of guanidine groups is 1. The van der Waals surface area contributed by atoms with Gasteiger partial charge in [0.05, 0.1) is 13.2 Å².